The Morgan fingerprint density at radius 2 is 2.00 bits per heavy atom. The maximum atomic E-state index is 11.3. The first-order valence-corrected chi connectivity index (χ1v) is 5.24. The van der Waals surface area contributed by atoms with Crippen LogP contribution in [0, 0.1) is 0 Å². The Kier molecular flexibility index (Phi) is 5.00. The number of nitrogens with one attached hydrogen (secondary N) is 1. The number of para-hydroxylation sites is 1. The second-order valence-electron chi connectivity index (χ2n) is 3.48. The normalized spacial score (nSPS) is 9.71. The van der Waals surface area contributed by atoms with Gasteiger partial charge < -0.3 is 15.2 Å². The molecule has 0 heterocycles. The molecule has 1 rings (SSSR count). The van der Waals surface area contributed by atoms with E-state index < -0.39 is 5.97 Å². The minimum Gasteiger partial charge on any atom is -0.496 e. The van der Waals surface area contributed by atoms with Gasteiger partial charge in [0.05, 0.1) is 13.5 Å². The number of rotatable bonds is 6. The minimum atomic E-state index is -0.975. The maximum Gasteiger partial charge on any atom is 0.303 e. The fourth-order valence-corrected chi connectivity index (χ4v) is 1.35. The van der Waals surface area contributed by atoms with Crippen LogP contribution in [0.25, 0.3) is 0 Å². The average Bonchev–Trinajstić information content (AvgIpc) is 2.34. The SMILES string of the molecule is COc1ccccc1CNC(=O)CCC(=O)O. The molecule has 0 radical (unpaired) electrons. The summed E-state index contributed by atoms with van der Waals surface area (Å²) in [6, 6.07) is 7.34. The zero-order chi connectivity index (χ0) is 12.7. The van der Waals surface area contributed by atoms with E-state index in [4.69, 9.17) is 9.84 Å². The Balaban J connectivity index is 2.44. The van der Waals surface area contributed by atoms with Crippen molar-refractivity contribution in [2.45, 2.75) is 19.4 Å². The van der Waals surface area contributed by atoms with Crippen LogP contribution >= 0.6 is 0 Å². The molecule has 0 aliphatic carbocycles. The molecule has 0 aliphatic heterocycles. The largest absolute Gasteiger partial charge is 0.496 e. The molecule has 0 aliphatic rings. The lowest BCUT2D eigenvalue weighted by atomic mass is 10.2. The van der Waals surface area contributed by atoms with Crippen LogP contribution in [0.2, 0.25) is 0 Å². The van der Waals surface area contributed by atoms with Crippen LogP contribution in [-0.4, -0.2) is 24.1 Å². The molecule has 5 nitrogen and oxygen atoms in total. The van der Waals surface area contributed by atoms with Gasteiger partial charge >= 0.3 is 5.97 Å². The van der Waals surface area contributed by atoms with Gasteiger partial charge in [0, 0.05) is 18.5 Å². The molecule has 1 aromatic carbocycles. The number of benzene rings is 1. The molecule has 92 valence electrons. The van der Waals surface area contributed by atoms with Crippen molar-refractivity contribution < 1.29 is 19.4 Å². The summed E-state index contributed by atoms with van der Waals surface area (Å²) >= 11 is 0. The van der Waals surface area contributed by atoms with Gasteiger partial charge in [-0.1, -0.05) is 18.2 Å². The molecule has 2 N–H and O–H groups in total. The molecule has 0 saturated heterocycles. The summed E-state index contributed by atoms with van der Waals surface area (Å²) in [7, 11) is 1.56. The second-order valence-corrected chi connectivity index (χ2v) is 3.48. The molecule has 1 aromatic rings. The first-order valence-electron chi connectivity index (χ1n) is 5.24. The van der Waals surface area contributed by atoms with Gasteiger partial charge in [0.2, 0.25) is 5.91 Å². The topological polar surface area (TPSA) is 75.6 Å². The third-order valence-corrected chi connectivity index (χ3v) is 2.23. The van der Waals surface area contributed by atoms with E-state index in [-0.39, 0.29) is 18.7 Å². The summed E-state index contributed by atoms with van der Waals surface area (Å²) in [6.45, 7) is 0.336. The van der Waals surface area contributed by atoms with E-state index in [0.29, 0.717) is 12.3 Å². The number of carbonyl (C=O) groups excluding carboxylic acids is 1. The molecule has 0 atom stereocenters. The van der Waals surface area contributed by atoms with Crippen molar-refractivity contribution in [1.82, 2.24) is 5.32 Å². The highest BCUT2D eigenvalue weighted by molar-refractivity contribution is 5.80. The molecular formula is C12H15NO4. The van der Waals surface area contributed by atoms with Crippen LogP contribution in [0.15, 0.2) is 24.3 Å². The average molecular weight is 237 g/mol. The van der Waals surface area contributed by atoms with Crippen molar-refractivity contribution in [2.24, 2.45) is 0 Å². The van der Waals surface area contributed by atoms with Crippen molar-refractivity contribution >= 4 is 11.9 Å². The number of carbonyl (C=O) groups is 2. The van der Waals surface area contributed by atoms with Crippen LogP contribution in [0.4, 0.5) is 0 Å². The predicted molar refractivity (Wildman–Crippen MR) is 61.7 cm³/mol. The van der Waals surface area contributed by atoms with Gasteiger partial charge in [-0.05, 0) is 6.07 Å². The monoisotopic (exact) mass is 237 g/mol. The predicted octanol–water partition coefficient (Wildman–Crippen LogP) is 1.18. The standard InChI is InChI=1S/C12H15NO4/c1-17-10-5-3-2-4-9(10)8-13-11(14)6-7-12(15)16/h2-5H,6-8H2,1H3,(H,13,14)(H,15,16). The quantitative estimate of drug-likeness (QED) is 0.778. The summed E-state index contributed by atoms with van der Waals surface area (Å²) in [5, 5.41) is 11.1. The number of ether oxygens (including phenoxy) is 1. The Morgan fingerprint density at radius 3 is 2.65 bits per heavy atom. The van der Waals surface area contributed by atoms with Crippen LogP contribution in [0.1, 0.15) is 18.4 Å². The van der Waals surface area contributed by atoms with E-state index in [1.54, 1.807) is 13.2 Å². The van der Waals surface area contributed by atoms with Gasteiger partial charge in [-0.2, -0.15) is 0 Å². The molecule has 5 heteroatoms. The van der Waals surface area contributed by atoms with Crippen LogP contribution in [-0.2, 0) is 16.1 Å². The van der Waals surface area contributed by atoms with Gasteiger partial charge in [-0.25, -0.2) is 0 Å². The number of hydrogen-bond acceptors (Lipinski definition) is 3. The number of aliphatic carboxylic acids is 1. The van der Waals surface area contributed by atoms with Crippen molar-refractivity contribution in [3.8, 4) is 5.75 Å². The molecule has 0 unspecified atom stereocenters. The van der Waals surface area contributed by atoms with Crippen LogP contribution < -0.4 is 10.1 Å². The lowest BCUT2D eigenvalue weighted by Gasteiger charge is -2.08. The highest BCUT2D eigenvalue weighted by Crippen LogP contribution is 2.16. The summed E-state index contributed by atoms with van der Waals surface area (Å²) in [6.07, 6.45) is -0.164. The highest BCUT2D eigenvalue weighted by Gasteiger charge is 2.06. The van der Waals surface area contributed by atoms with E-state index >= 15 is 0 Å². The molecular weight excluding hydrogens is 222 g/mol. The van der Waals surface area contributed by atoms with Gasteiger partial charge in [0.25, 0.3) is 0 Å². The number of carboxylic acids is 1. The fourth-order valence-electron chi connectivity index (χ4n) is 1.35. The highest BCUT2D eigenvalue weighted by atomic mass is 16.5. The van der Waals surface area contributed by atoms with Gasteiger partial charge in [0.1, 0.15) is 5.75 Å². The second kappa shape index (κ2) is 6.52. The zero-order valence-electron chi connectivity index (χ0n) is 9.60. The van der Waals surface area contributed by atoms with E-state index in [1.807, 2.05) is 18.2 Å². The zero-order valence-corrected chi connectivity index (χ0v) is 9.60. The molecule has 1 amide bonds. The summed E-state index contributed by atoms with van der Waals surface area (Å²) in [5.74, 6) is -0.554. The smallest absolute Gasteiger partial charge is 0.303 e. The summed E-state index contributed by atoms with van der Waals surface area (Å²) in [4.78, 5) is 21.6. The van der Waals surface area contributed by atoms with E-state index in [1.165, 1.54) is 0 Å². The van der Waals surface area contributed by atoms with Gasteiger partial charge in [-0.3, -0.25) is 9.59 Å². The van der Waals surface area contributed by atoms with E-state index in [0.717, 1.165) is 5.56 Å². The Bertz CT molecular complexity index is 403. The van der Waals surface area contributed by atoms with Crippen molar-refractivity contribution in [1.29, 1.82) is 0 Å². The van der Waals surface area contributed by atoms with Crippen LogP contribution in [0.3, 0.4) is 0 Å². The maximum absolute atomic E-state index is 11.3. The molecule has 0 aromatic heterocycles. The van der Waals surface area contributed by atoms with Crippen molar-refractivity contribution in [3.63, 3.8) is 0 Å². The number of methoxy groups -OCH3 is 1. The lowest BCUT2D eigenvalue weighted by molar-refractivity contribution is -0.138. The summed E-state index contributed by atoms with van der Waals surface area (Å²) < 4.78 is 5.13. The molecule has 0 saturated carbocycles. The molecule has 0 bridgehead atoms. The Hall–Kier alpha value is -2.04. The van der Waals surface area contributed by atoms with Crippen LogP contribution in [0.5, 0.6) is 5.75 Å². The Morgan fingerprint density at radius 1 is 1.29 bits per heavy atom. The third kappa shape index (κ3) is 4.55. The minimum absolute atomic E-state index is 0.00944. The molecule has 0 fully saturated rings. The Labute approximate surface area is 99.4 Å². The number of carboxylic acid groups (broad SMARTS) is 1. The number of hydrogen-bond donors (Lipinski definition) is 2. The summed E-state index contributed by atoms with van der Waals surface area (Å²) in [5.41, 5.74) is 0.860. The van der Waals surface area contributed by atoms with E-state index in [2.05, 4.69) is 5.32 Å². The van der Waals surface area contributed by atoms with E-state index in [9.17, 15) is 9.59 Å². The lowest BCUT2D eigenvalue weighted by Crippen LogP contribution is -2.23. The van der Waals surface area contributed by atoms with Gasteiger partial charge in [0.15, 0.2) is 0 Å². The first-order chi connectivity index (χ1) is 8.13. The number of amides is 1. The third-order valence-electron chi connectivity index (χ3n) is 2.23. The van der Waals surface area contributed by atoms with Crippen molar-refractivity contribution in [2.75, 3.05) is 7.11 Å². The first kappa shape index (κ1) is 13.0. The van der Waals surface area contributed by atoms with Crippen molar-refractivity contribution in [3.05, 3.63) is 29.8 Å². The van der Waals surface area contributed by atoms with Gasteiger partial charge in [-0.15, -0.1) is 0 Å². The fraction of sp³-hybridized carbons (Fsp3) is 0.333. The molecule has 0 spiro atoms. The molecule has 17 heavy (non-hydrogen) atoms.